The van der Waals surface area contributed by atoms with Crippen molar-refractivity contribution in [2.75, 3.05) is 0 Å². The van der Waals surface area contributed by atoms with Gasteiger partial charge in [-0.3, -0.25) is 14.1 Å². The standard InChI is InChI=1S/C15H20O7S.Na.H/c1-3-14(4-2,11-8-6-5-7-9-11)15(13(18)19,10-12(16)17)23(20,21)22;;/h5-9H,3-4,10H2,1-2H3,(H,16,17)(H,18,19)(H,20,21,22);;/q;+1;-1. The summed E-state index contributed by atoms with van der Waals surface area (Å²) in [5, 5.41) is 18.8. The minimum absolute atomic E-state index is 0. The second-order valence-corrected chi connectivity index (χ2v) is 6.98. The molecule has 0 aliphatic heterocycles. The van der Waals surface area contributed by atoms with Gasteiger partial charge in [0.15, 0.2) is 0 Å². The maximum atomic E-state index is 12.1. The van der Waals surface area contributed by atoms with Crippen LogP contribution in [-0.2, 0) is 25.1 Å². The first-order valence-corrected chi connectivity index (χ1v) is 8.50. The van der Waals surface area contributed by atoms with Gasteiger partial charge in [0.1, 0.15) is 0 Å². The fourth-order valence-electron chi connectivity index (χ4n) is 3.33. The molecule has 1 atom stereocenters. The predicted molar refractivity (Wildman–Crippen MR) is 84.0 cm³/mol. The summed E-state index contributed by atoms with van der Waals surface area (Å²) in [7, 11) is -5.23. The molecule has 1 unspecified atom stereocenters. The minimum atomic E-state index is -5.23. The molecule has 3 N–H and O–H groups in total. The Morgan fingerprint density at radius 2 is 1.54 bits per heavy atom. The van der Waals surface area contributed by atoms with Crippen molar-refractivity contribution in [1.82, 2.24) is 0 Å². The molecule has 0 heterocycles. The first-order valence-electron chi connectivity index (χ1n) is 7.06. The van der Waals surface area contributed by atoms with Crippen LogP contribution < -0.4 is 29.6 Å². The maximum Gasteiger partial charge on any atom is 1.00 e. The van der Waals surface area contributed by atoms with E-state index in [-0.39, 0.29) is 43.8 Å². The molecule has 0 amide bonds. The van der Waals surface area contributed by atoms with E-state index in [9.17, 15) is 27.7 Å². The first-order chi connectivity index (χ1) is 10.6. The van der Waals surface area contributed by atoms with Crippen molar-refractivity contribution in [3.8, 4) is 0 Å². The summed E-state index contributed by atoms with van der Waals surface area (Å²) in [6.07, 6.45) is -1.20. The van der Waals surface area contributed by atoms with Crippen LogP contribution in [0.15, 0.2) is 30.3 Å². The van der Waals surface area contributed by atoms with Gasteiger partial charge in [-0.05, 0) is 18.4 Å². The van der Waals surface area contributed by atoms with E-state index >= 15 is 0 Å². The summed E-state index contributed by atoms with van der Waals surface area (Å²) in [5.74, 6) is -3.50. The fraction of sp³-hybridized carbons (Fsp3) is 0.467. The molecular weight excluding hydrogens is 347 g/mol. The van der Waals surface area contributed by atoms with Crippen LogP contribution in [0, 0.1) is 0 Å². The summed E-state index contributed by atoms with van der Waals surface area (Å²) in [4.78, 5) is 23.2. The Balaban J connectivity index is 0. The molecule has 1 aromatic rings. The number of carboxylic acids is 2. The Morgan fingerprint density at radius 1 is 1.08 bits per heavy atom. The molecule has 7 nitrogen and oxygen atoms in total. The molecule has 24 heavy (non-hydrogen) atoms. The monoisotopic (exact) mass is 368 g/mol. The topological polar surface area (TPSA) is 129 Å². The van der Waals surface area contributed by atoms with Gasteiger partial charge in [-0.15, -0.1) is 0 Å². The van der Waals surface area contributed by atoms with Gasteiger partial charge in [-0.25, -0.2) is 0 Å². The second-order valence-electron chi connectivity index (χ2n) is 5.33. The van der Waals surface area contributed by atoms with Crippen LogP contribution in [0.1, 0.15) is 40.1 Å². The van der Waals surface area contributed by atoms with Crippen LogP contribution in [0.5, 0.6) is 0 Å². The summed E-state index contributed by atoms with van der Waals surface area (Å²) in [6.45, 7) is 3.14. The van der Waals surface area contributed by atoms with Gasteiger partial charge < -0.3 is 11.6 Å². The number of aliphatic carboxylic acids is 2. The Kier molecular flexibility index (Phi) is 8.11. The zero-order chi connectivity index (χ0) is 17.9. The van der Waals surface area contributed by atoms with Crippen LogP contribution in [0.3, 0.4) is 0 Å². The molecule has 0 saturated carbocycles. The SMILES string of the molecule is CCC(CC)(c1ccccc1)C(CC(=O)O)(C(=O)O)S(=O)(=O)O.[H-].[Na+]. The van der Waals surface area contributed by atoms with E-state index in [2.05, 4.69) is 0 Å². The molecule has 0 aliphatic rings. The average molecular weight is 368 g/mol. The van der Waals surface area contributed by atoms with E-state index in [1.165, 1.54) is 12.1 Å². The van der Waals surface area contributed by atoms with Crippen LogP contribution in [0.4, 0.5) is 0 Å². The summed E-state index contributed by atoms with van der Waals surface area (Å²) >= 11 is 0. The summed E-state index contributed by atoms with van der Waals surface area (Å²) in [6, 6.07) is 7.96. The van der Waals surface area contributed by atoms with Crippen LogP contribution in [0.25, 0.3) is 0 Å². The Morgan fingerprint density at radius 3 is 1.83 bits per heavy atom. The van der Waals surface area contributed by atoms with Crippen molar-refractivity contribution in [3.05, 3.63) is 35.9 Å². The smallest absolute Gasteiger partial charge is 1.00 e. The third-order valence-corrected chi connectivity index (χ3v) is 6.08. The Labute approximate surface area is 164 Å². The molecule has 0 bridgehead atoms. The number of benzene rings is 1. The van der Waals surface area contributed by atoms with E-state index in [1.807, 2.05) is 0 Å². The van der Waals surface area contributed by atoms with Crippen LogP contribution in [-0.4, -0.2) is 39.9 Å². The zero-order valence-electron chi connectivity index (χ0n) is 14.9. The average Bonchev–Trinajstić information content (AvgIpc) is 2.47. The van der Waals surface area contributed by atoms with Crippen molar-refractivity contribution in [2.45, 2.75) is 43.3 Å². The molecule has 0 fully saturated rings. The van der Waals surface area contributed by atoms with Crippen molar-refractivity contribution in [3.63, 3.8) is 0 Å². The van der Waals surface area contributed by atoms with E-state index in [4.69, 9.17) is 5.11 Å². The number of carbonyl (C=O) groups is 2. The largest absolute Gasteiger partial charge is 1.00 e. The predicted octanol–water partition coefficient (Wildman–Crippen LogP) is -0.953. The molecule has 0 radical (unpaired) electrons. The molecule has 130 valence electrons. The molecule has 0 spiro atoms. The number of rotatable bonds is 8. The maximum absolute atomic E-state index is 12.1. The third-order valence-electron chi connectivity index (χ3n) is 4.49. The van der Waals surface area contributed by atoms with Gasteiger partial charge in [0.25, 0.3) is 10.1 Å². The fourth-order valence-corrected chi connectivity index (χ4v) is 4.76. The Hall–Kier alpha value is -0.930. The second kappa shape index (κ2) is 8.44. The third kappa shape index (κ3) is 3.67. The van der Waals surface area contributed by atoms with Crippen molar-refractivity contribution < 1.29 is 63.8 Å². The molecule has 9 heteroatoms. The van der Waals surface area contributed by atoms with E-state index in [1.54, 1.807) is 32.0 Å². The normalized spacial score (nSPS) is 14.3. The molecule has 1 rings (SSSR count). The molecule has 0 aromatic heterocycles. The first kappa shape index (κ1) is 23.1. The van der Waals surface area contributed by atoms with E-state index in [0.29, 0.717) is 5.56 Å². The number of hydrogen-bond donors (Lipinski definition) is 3. The summed E-state index contributed by atoms with van der Waals surface area (Å²) in [5.41, 5.74) is -1.24. The van der Waals surface area contributed by atoms with Gasteiger partial charge >= 0.3 is 41.5 Å². The molecule has 0 aliphatic carbocycles. The van der Waals surface area contributed by atoms with E-state index < -0.39 is 38.6 Å². The molecular formula is C15H21NaO7S. The van der Waals surface area contributed by atoms with Gasteiger partial charge in [-0.1, -0.05) is 44.2 Å². The van der Waals surface area contributed by atoms with Gasteiger partial charge in [0.05, 0.1) is 6.42 Å². The molecule has 0 saturated heterocycles. The van der Waals surface area contributed by atoms with Crippen LogP contribution in [0.2, 0.25) is 0 Å². The van der Waals surface area contributed by atoms with Crippen molar-refractivity contribution in [1.29, 1.82) is 0 Å². The van der Waals surface area contributed by atoms with Gasteiger partial charge in [0.2, 0.25) is 4.75 Å². The van der Waals surface area contributed by atoms with Crippen molar-refractivity contribution >= 4 is 22.1 Å². The van der Waals surface area contributed by atoms with Crippen LogP contribution >= 0.6 is 0 Å². The number of carboxylic acid groups (broad SMARTS) is 2. The summed E-state index contributed by atoms with van der Waals surface area (Å²) < 4.78 is 31.0. The molecule has 1 aromatic carbocycles. The van der Waals surface area contributed by atoms with Gasteiger partial charge in [0, 0.05) is 5.41 Å². The van der Waals surface area contributed by atoms with Gasteiger partial charge in [-0.2, -0.15) is 8.42 Å². The number of hydrogen-bond acceptors (Lipinski definition) is 4. The quantitative estimate of drug-likeness (QED) is 0.398. The van der Waals surface area contributed by atoms with Crippen molar-refractivity contribution in [2.24, 2.45) is 0 Å². The van der Waals surface area contributed by atoms with E-state index in [0.717, 1.165) is 0 Å². The Bertz CT molecular complexity index is 689. The zero-order valence-corrected chi connectivity index (χ0v) is 16.7. The minimum Gasteiger partial charge on any atom is -1.00 e.